The number of ether oxygens (including phenoxy) is 1. The third-order valence-electron chi connectivity index (χ3n) is 8.29. The van der Waals surface area contributed by atoms with Crippen molar-refractivity contribution in [3.63, 3.8) is 0 Å². The summed E-state index contributed by atoms with van der Waals surface area (Å²) in [6, 6.07) is 18.4. The second-order valence-corrected chi connectivity index (χ2v) is 13.9. The minimum absolute atomic E-state index is 0.102. The van der Waals surface area contributed by atoms with E-state index in [4.69, 9.17) is 4.74 Å². The molecule has 0 bridgehead atoms. The number of likely N-dealkylation sites (tertiary alicyclic amines) is 1. The van der Waals surface area contributed by atoms with Crippen LogP contribution in [0.5, 0.6) is 0 Å². The van der Waals surface area contributed by atoms with Crippen LogP contribution in [0, 0.1) is 6.92 Å². The number of carbonyl (C=O) groups is 1. The maximum absolute atomic E-state index is 13.0. The van der Waals surface area contributed by atoms with Gasteiger partial charge in [-0.05, 0) is 50.3 Å². The van der Waals surface area contributed by atoms with Crippen LogP contribution in [-0.2, 0) is 26.8 Å². The smallest absolute Gasteiger partial charge is 0.410 e. The summed E-state index contributed by atoms with van der Waals surface area (Å²) in [4.78, 5) is 17.3. The van der Waals surface area contributed by atoms with Gasteiger partial charge in [0.25, 0.3) is 0 Å². The van der Waals surface area contributed by atoms with Gasteiger partial charge < -0.3 is 14.5 Å². The number of aryl methyl sites for hydroxylation is 1. The molecule has 1 atom stereocenters. The number of carbonyl (C=O) groups excluding carboxylic acids is 1. The second kappa shape index (κ2) is 15.5. The Balaban J connectivity index is 1.59. The topological polar surface area (TPSA) is 70.2 Å². The molecule has 8 heteroatoms. The third kappa shape index (κ3) is 9.69. The lowest BCUT2D eigenvalue weighted by Gasteiger charge is -2.40. The highest BCUT2D eigenvalue weighted by Crippen LogP contribution is 2.31. The van der Waals surface area contributed by atoms with Crippen molar-refractivity contribution in [2.75, 3.05) is 45.5 Å². The first-order chi connectivity index (χ1) is 19.6. The standard InChI is InChI=1S/C33H49N3O4S/c1-6-8-25-41(38,39)34(5)27-33(4,30-12-10-9-11-13-30)20-24-35-22-18-31(19-23-35)36(21-7-2)32(37)40-26-29-16-14-28(3)15-17-29/h7,9-17,31H,2,6,8,18-27H2,1,3-5H3. The van der Waals surface area contributed by atoms with Gasteiger partial charge in [0.2, 0.25) is 10.0 Å². The molecular weight excluding hydrogens is 534 g/mol. The van der Waals surface area contributed by atoms with E-state index < -0.39 is 10.0 Å². The first kappa shape index (κ1) is 32.8. The van der Waals surface area contributed by atoms with E-state index in [1.165, 1.54) is 5.56 Å². The second-order valence-electron chi connectivity index (χ2n) is 11.7. The molecule has 0 aliphatic carbocycles. The molecule has 0 saturated carbocycles. The predicted molar refractivity (Wildman–Crippen MR) is 167 cm³/mol. The highest BCUT2D eigenvalue weighted by Gasteiger charge is 2.34. The monoisotopic (exact) mass is 583 g/mol. The summed E-state index contributed by atoms with van der Waals surface area (Å²) in [5, 5.41) is 0. The zero-order chi connectivity index (χ0) is 29.9. The number of hydrogen-bond donors (Lipinski definition) is 0. The van der Waals surface area contributed by atoms with Gasteiger partial charge in [-0.25, -0.2) is 17.5 Å². The summed E-state index contributed by atoms with van der Waals surface area (Å²) in [7, 11) is -1.59. The van der Waals surface area contributed by atoms with Crippen molar-refractivity contribution in [2.45, 2.75) is 70.9 Å². The molecule has 2 aromatic rings. The van der Waals surface area contributed by atoms with Gasteiger partial charge >= 0.3 is 6.09 Å². The maximum Gasteiger partial charge on any atom is 0.410 e. The highest BCUT2D eigenvalue weighted by atomic mass is 32.2. The molecule has 1 saturated heterocycles. The fourth-order valence-corrected chi connectivity index (χ4v) is 6.96. The van der Waals surface area contributed by atoms with Gasteiger partial charge in [-0.2, -0.15) is 0 Å². The van der Waals surface area contributed by atoms with Crippen LogP contribution in [-0.4, -0.2) is 80.2 Å². The lowest BCUT2D eigenvalue weighted by molar-refractivity contribution is 0.0647. The molecule has 1 aliphatic rings. The first-order valence-corrected chi connectivity index (χ1v) is 16.5. The molecule has 7 nitrogen and oxygen atoms in total. The quantitative estimate of drug-likeness (QED) is 0.241. The average Bonchev–Trinajstić information content (AvgIpc) is 2.98. The number of unbranched alkanes of at least 4 members (excludes halogenated alkanes) is 1. The van der Waals surface area contributed by atoms with Gasteiger partial charge in [0.15, 0.2) is 0 Å². The highest BCUT2D eigenvalue weighted by molar-refractivity contribution is 7.89. The van der Waals surface area contributed by atoms with Gasteiger partial charge in [-0.15, -0.1) is 6.58 Å². The number of benzene rings is 2. The van der Waals surface area contributed by atoms with E-state index in [1.807, 2.05) is 61.2 Å². The molecule has 41 heavy (non-hydrogen) atoms. The number of sulfonamides is 1. The van der Waals surface area contributed by atoms with Crippen LogP contribution in [0.15, 0.2) is 67.3 Å². The van der Waals surface area contributed by atoms with Crippen LogP contribution in [0.2, 0.25) is 0 Å². The molecule has 2 aromatic carbocycles. The van der Waals surface area contributed by atoms with Gasteiger partial charge in [0.1, 0.15) is 6.61 Å². The predicted octanol–water partition coefficient (Wildman–Crippen LogP) is 5.99. The third-order valence-corrected chi connectivity index (χ3v) is 10.2. The SMILES string of the molecule is C=CCN(C(=O)OCc1ccc(C)cc1)C1CCN(CCC(C)(CN(C)S(=O)(=O)CCCC)c2ccccc2)CC1. The lowest BCUT2D eigenvalue weighted by Crippen LogP contribution is -2.49. The van der Waals surface area contributed by atoms with Crippen molar-refractivity contribution in [1.29, 1.82) is 0 Å². The van der Waals surface area contributed by atoms with Crippen LogP contribution in [0.4, 0.5) is 4.79 Å². The minimum Gasteiger partial charge on any atom is -0.445 e. The molecule has 1 unspecified atom stereocenters. The summed E-state index contributed by atoms with van der Waals surface area (Å²) in [5.41, 5.74) is 2.98. The Kier molecular flexibility index (Phi) is 12.4. The van der Waals surface area contributed by atoms with Crippen LogP contribution in [0.3, 0.4) is 0 Å². The molecule has 0 radical (unpaired) electrons. The van der Waals surface area contributed by atoms with Crippen molar-refractivity contribution >= 4 is 16.1 Å². The Morgan fingerprint density at radius 2 is 1.78 bits per heavy atom. The Morgan fingerprint density at radius 3 is 2.39 bits per heavy atom. The summed E-state index contributed by atoms with van der Waals surface area (Å²) in [6.07, 6.45) is 5.55. The fraction of sp³-hybridized carbons (Fsp3) is 0.545. The first-order valence-electron chi connectivity index (χ1n) is 14.9. The summed E-state index contributed by atoms with van der Waals surface area (Å²) in [5.74, 6) is 0.188. The molecule has 1 heterocycles. The van der Waals surface area contributed by atoms with Gasteiger partial charge in [-0.3, -0.25) is 0 Å². The lowest BCUT2D eigenvalue weighted by atomic mass is 9.79. The van der Waals surface area contributed by atoms with Crippen molar-refractivity contribution < 1.29 is 17.9 Å². The molecule has 0 aromatic heterocycles. The molecule has 1 aliphatic heterocycles. The summed E-state index contributed by atoms with van der Waals surface area (Å²) >= 11 is 0. The van der Waals surface area contributed by atoms with Gasteiger partial charge in [0, 0.05) is 44.7 Å². The van der Waals surface area contributed by atoms with E-state index in [0.717, 1.165) is 56.4 Å². The zero-order valence-corrected chi connectivity index (χ0v) is 26.2. The maximum atomic E-state index is 13.0. The van der Waals surface area contributed by atoms with E-state index in [0.29, 0.717) is 19.5 Å². The molecular formula is C33H49N3O4S. The molecule has 1 amide bonds. The van der Waals surface area contributed by atoms with Gasteiger partial charge in [-0.1, -0.05) is 86.5 Å². The molecule has 1 fully saturated rings. The van der Waals surface area contributed by atoms with Crippen LogP contribution >= 0.6 is 0 Å². The number of hydrogen-bond acceptors (Lipinski definition) is 5. The molecule has 0 N–H and O–H groups in total. The molecule has 0 spiro atoms. The zero-order valence-electron chi connectivity index (χ0n) is 25.4. The average molecular weight is 584 g/mol. The van der Waals surface area contributed by atoms with Crippen molar-refractivity contribution in [3.05, 3.63) is 83.9 Å². The minimum atomic E-state index is -3.30. The Labute approximate surface area is 248 Å². The Bertz CT molecular complexity index is 1190. The van der Waals surface area contributed by atoms with E-state index in [2.05, 4.69) is 30.5 Å². The van der Waals surface area contributed by atoms with Gasteiger partial charge in [0.05, 0.1) is 5.75 Å². The van der Waals surface area contributed by atoms with Crippen LogP contribution in [0.1, 0.15) is 62.6 Å². The normalized spacial score (nSPS) is 16.3. The number of likely N-dealkylation sites (N-methyl/N-ethyl adjacent to an activating group) is 1. The molecule has 226 valence electrons. The van der Waals surface area contributed by atoms with E-state index in [1.54, 1.807) is 17.4 Å². The number of amides is 1. The summed E-state index contributed by atoms with van der Waals surface area (Å²) < 4.78 is 33.1. The number of piperidine rings is 1. The Hall–Kier alpha value is -2.68. The Morgan fingerprint density at radius 1 is 1.12 bits per heavy atom. The largest absolute Gasteiger partial charge is 0.445 e. The fourth-order valence-electron chi connectivity index (χ4n) is 5.51. The van der Waals surface area contributed by atoms with Crippen molar-refractivity contribution in [3.8, 4) is 0 Å². The number of nitrogens with zero attached hydrogens (tertiary/aromatic N) is 3. The van der Waals surface area contributed by atoms with E-state index >= 15 is 0 Å². The summed E-state index contributed by atoms with van der Waals surface area (Å²) in [6.45, 7) is 13.9. The van der Waals surface area contributed by atoms with E-state index in [-0.39, 0.29) is 29.9 Å². The van der Waals surface area contributed by atoms with Crippen LogP contribution in [0.25, 0.3) is 0 Å². The van der Waals surface area contributed by atoms with E-state index in [9.17, 15) is 13.2 Å². The van der Waals surface area contributed by atoms with Crippen molar-refractivity contribution in [1.82, 2.24) is 14.1 Å². The molecule has 3 rings (SSSR count). The van der Waals surface area contributed by atoms with Crippen LogP contribution < -0.4 is 0 Å². The van der Waals surface area contributed by atoms with Crippen molar-refractivity contribution in [2.24, 2.45) is 0 Å². The number of rotatable bonds is 15.